The fraction of sp³-hybridized carbons (Fsp3) is 0.529. The minimum absolute atomic E-state index is 0.0438. The van der Waals surface area contributed by atoms with Gasteiger partial charge in [-0.25, -0.2) is 0 Å². The van der Waals surface area contributed by atoms with Gasteiger partial charge in [-0.3, -0.25) is 9.59 Å². The number of carbonyl (C=O) groups is 2. The van der Waals surface area contributed by atoms with Gasteiger partial charge < -0.3 is 14.9 Å². The maximum atomic E-state index is 12.3. The number of ether oxygens (including phenoxy) is 1. The van der Waals surface area contributed by atoms with Crippen LogP contribution in [0, 0.1) is 20.8 Å². The fourth-order valence-electron chi connectivity index (χ4n) is 2.37. The van der Waals surface area contributed by atoms with Gasteiger partial charge in [0.25, 0.3) is 0 Å². The number of Topliss-reactive ketones (excluding diaryl/α,β-unsaturated/α-hetero) is 1. The second kappa shape index (κ2) is 7.82. The summed E-state index contributed by atoms with van der Waals surface area (Å²) in [5.41, 5.74) is 1.75. The van der Waals surface area contributed by atoms with Crippen LogP contribution >= 0.6 is 0 Å². The number of carbonyl (C=O) groups excluding carboxylic acids is 2. The van der Waals surface area contributed by atoms with Crippen molar-refractivity contribution in [2.45, 2.75) is 53.4 Å². The largest absolute Gasteiger partial charge is 0.507 e. The Morgan fingerprint density at radius 2 is 1.50 bits per heavy atom. The van der Waals surface area contributed by atoms with Crippen molar-refractivity contribution in [1.29, 1.82) is 0 Å². The second-order valence-electron chi connectivity index (χ2n) is 5.52. The number of phenols is 2. The normalized spacial score (nSPS) is 10.5. The molecule has 0 heterocycles. The third-order valence-corrected chi connectivity index (χ3v) is 3.87. The molecule has 0 spiro atoms. The molecular formula is C17H24O5. The smallest absolute Gasteiger partial charge is 0.302 e. The van der Waals surface area contributed by atoms with Crippen molar-refractivity contribution < 1.29 is 24.5 Å². The van der Waals surface area contributed by atoms with Crippen LogP contribution in [0.4, 0.5) is 0 Å². The molecule has 0 aromatic heterocycles. The Hall–Kier alpha value is -2.04. The highest BCUT2D eigenvalue weighted by Crippen LogP contribution is 2.36. The lowest BCUT2D eigenvalue weighted by atomic mass is 9.93. The number of hydrogen-bond acceptors (Lipinski definition) is 5. The molecule has 5 nitrogen and oxygen atoms in total. The van der Waals surface area contributed by atoms with E-state index in [2.05, 4.69) is 0 Å². The summed E-state index contributed by atoms with van der Waals surface area (Å²) in [6, 6.07) is 0. The average molecular weight is 308 g/mol. The van der Waals surface area contributed by atoms with E-state index in [4.69, 9.17) is 4.74 Å². The molecule has 0 atom stereocenters. The predicted molar refractivity (Wildman–Crippen MR) is 83.4 cm³/mol. The van der Waals surface area contributed by atoms with E-state index in [1.807, 2.05) is 0 Å². The third-order valence-electron chi connectivity index (χ3n) is 3.87. The van der Waals surface area contributed by atoms with E-state index in [1.54, 1.807) is 20.8 Å². The van der Waals surface area contributed by atoms with E-state index in [0.717, 1.165) is 6.42 Å². The molecule has 0 radical (unpaired) electrons. The van der Waals surface area contributed by atoms with Crippen molar-refractivity contribution in [1.82, 2.24) is 0 Å². The van der Waals surface area contributed by atoms with E-state index in [0.29, 0.717) is 36.1 Å². The molecule has 0 aliphatic heterocycles. The molecule has 1 aromatic rings. The zero-order valence-corrected chi connectivity index (χ0v) is 13.7. The second-order valence-corrected chi connectivity index (χ2v) is 5.52. The van der Waals surface area contributed by atoms with Crippen LogP contribution in [0.3, 0.4) is 0 Å². The molecule has 22 heavy (non-hydrogen) atoms. The van der Waals surface area contributed by atoms with Crippen LogP contribution in [-0.4, -0.2) is 28.6 Å². The molecule has 1 aromatic carbocycles. The van der Waals surface area contributed by atoms with Crippen molar-refractivity contribution in [3.8, 4) is 11.5 Å². The molecule has 0 aliphatic carbocycles. The van der Waals surface area contributed by atoms with Crippen LogP contribution in [0.5, 0.6) is 11.5 Å². The quantitative estimate of drug-likeness (QED) is 0.349. The minimum Gasteiger partial charge on any atom is -0.507 e. The van der Waals surface area contributed by atoms with Crippen molar-refractivity contribution in [3.05, 3.63) is 22.3 Å². The third kappa shape index (κ3) is 4.23. The number of phenolic OH excluding ortho intramolecular Hbond substituents is 2. The summed E-state index contributed by atoms with van der Waals surface area (Å²) in [5.74, 6) is -0.464. The molecule has 0 saturated carbocycles. The number of aromatic hydroxyl groups is 2. The number of unbranched alkanes of at least 4 members (excludes halogenated alkanes) is 2. The van der Waals surface area contributed by atoms with E-state index >= 15 is 0 Å². The molecule has 0 saturated heterocycles. The fourth-order valence-corrected chi connectivity index (χ4v) is 2.37. The van der Waals surface area contributed by atoms with Crippen LogP contribution in [-0.2, 0) is 9.53 Å². The molecule has 122 valence electrons. The topological polar surface area (TPSA) is 83.8 Å². The van der Waals surface area contributed by atoms with Gasteiger partial charge in [0.15, 0.2) is 5.78 Å². The molecule has 2 N–H and O–H groups in total. The average Bonchev–Trinajstić information content (AvgIpc) is 2.46. The van der Waals surface area contributed by atoms with Crippen LogP contribution in [0.25, 0.3) is 0 Å². The van der Waals surface area contributed by atoms with Crippen molar-refractivity contribution in [2.24, 2.45) is 0 Å². The Labute approximate surface area is 130 Å². The molecule has 5 heteroatoms. The van der Waals surface area contributed by atoms with Crippen LogP contribution in [0.15, 0.2) is 0 Å². The van der Waals surface area contributed by atoms with E-state index < -0.39 is 0 Å². The lowest BCUT2D eigenvalue weighted by molar-refractivity contribution is -0.141. The zero-order valence-electron chi connectivity index (χ0n) is 13.7. The van der Waals surface area contributed by atoms with Gasteiger partial charge >= 0.3 is 5.97 Å². The van der Waals surface area contributed by atoms with Gasteiger partial charge in [-0.2, -0.15) is 0 Å². The first-order valence-corrected chi connectivity index (χ1v) is 7.45. The minimum atomic E-state index is -0.303. The zero-order chi connectivity index (χ0) is 16.9. The molecular weight excluding hydrogens is 284 g/mol. The molecule has 0 unspecified atom stereocenters. The van der Waals surface area contributed by atoms with E-state index in [-0.39, 0.29) is 35.2 Å². The predicted octanol–water partition coefficient (Wildman–Crippen LogP) is 3.33. The highest BCUT2D eigenvalue weighted by Gasteiger charge is 2.21. The maximum absolute atomic E-state index is 12.3. The number of hydrogen-bond donors (Lipinski definition) is 2. The monoisotopic (exact) mass is 308 g/mol. The summed E-state index contributed by atoms with van der Waals surface area (Å²) >= 11 is 0. The molecule has 0 amide bonds. The SMILES string of the molecule is CC(=O)OCCCCCC(=O)c1c(C)c(O)c(C)c(C)c1O. The van der Waals surface area contributed by atoms with Gasteiger partial charge in [-0.05, 0) is 51.2 Å². The molecule has 1 rings (SSSR count). The summed E-state index contributed by atoms with van der Waals surface area (Å²) in [5, 5.41) is 20.2. The van der Waals surface area contributed by atoms with Crippen LogP contribution < -0.4 is 0 Å². The van der Waals surface area contributed by atoms with Gasteiger partial charge in [0.1, 0.15) is 11.5 Å². The number of rotatable bonds is 7. The summed E-state index contributed by atoms with van der Waals surface area (Å²) in [6.45, 7) is 6.75. The van der Waals surface area contributed by atoms with Gasteiger partial charge in [-0.1, -0.05) is 0 Å². The molecule has 0 bridgehead atoms. The number of ketones is 1. The Bertz CT molecular complexity index is 546. The van der Waals surface area contributed by atoms with Gasteiger partial charge in [0.05, 0.1) is 12.2 Å². The van der Waals surface area contributed by atoms with Crippen LogP contribution in [0.1, 0.15) is 59.7 Å². The number of benzene rings is 1. The lowest BCUT2D eigenvalue weighted by Crippen LogP contribution is -2.06. The summed E-state index contributed by atoms with van der Waals surface area (Å²) in [7, 11) is 0. The first kappa shape index (κ1) is 18.0. The first-order chi connectivity index (χ1) is 10.3. The Morgan fingerprint density at radius 1 is 0.909 bits per heavy atom. The number of esters is 1. The Balaban J connectivity index is 2.65. The highest BCUT2D eigenvalue weighted by molar-refractivity contribution is 6.01. The van der Waals surface area contributed by atoms with Crippen molar-refractivity contribution in [3.63, 3.8) is 0 Å². The standard InChI is InChI=1S/C17H24O5/c1-10-11(2)17(21)15(12(3)16(10)20)14(19)8-6-5-7-9-22-13(4)18/h20-21H,5-9H2,1-4H3. The van der Waals surface area contributed by atoms with Gasteiger partial charge in [-0.15, -0.1) is 0 Å². The highest BCUT2D eigenvalue weighted by atomic mass is 16.5. The summed E-state index contributed by atoms with van der Waals surface area (Å²) < 4.78 is 4.82. The lowest BCUT2D eigenvalue weighted by Gasteiger charge is -2.15. The summed E-state index contributed by atoms with van der Waals surface area (Å²) in [6.07, 6.45) is 2.40. The Morgan fingerprint density at radius 3 is 2.09 bits per heavy atom. The molecule has 0 fully saturated rings. The van der Waals surface area contributed by atoms with Crippen molar-refractivity contribution >= 4 is 11.8 Å². The van der Waals surface area contributed by atoms with E-state index in [1.165, 1.54) is 6.92 Å². The van der Waals surface area contributed by atoms with Gasteiger partial charge in [0.2, 0.25) is 0 Å². The summed E-state index contributed by atoms with van der Waals surface area (Å²) in [4.78, 5) is 22.9. The maximum Gasteiger partial charge on any atom is 0.302 e. The molecule has 0 aliphatic rings. The van der Waals surface area contributed by atoms with Gasteiger partial charge in [0, 0.05) is 18.9 Å². The first-order valence-electron chi connectivity index (χ1n) is 7.45. The Kier molecular flexibility index (Phi) is 6.40. The van der Waals surface area contributed by atoms with Crippen LogP contribution in [0.2, 0.25) is 0 Å². The van der Waals surface area contributed by atoms with Crippen molar-refractivity contribution in [2.75, 3.05) is 6.61 Å². The van der Waals surface area contributed by atoms with E-state index in [9.17, 15) is 19.8 Å².